The number of amides is 1. The molecule has 0 radical (unpaired) electrons. The van der Waals surface area contributed by atoms with Crippen molar-refractivity contribution >= 4 is 22.8 Å². The number of aromatic amines is 1. The van der Waals surface area contributed by atoms with Crippen LogP contribution < -0.4 is 5.32 Å². The lowest BCUT2D eigenvalue weighted by Gasteiger charge is -2.16. The van der Waals surface area contributed by atoms with E-state index in [1.54, 1.807) is 12.1 Å². The van der Waals surface area contributed by atoms with E-state index < -0.39 is 0 Å². The molecule has 1 fully saturated rings. The van der Waals surface area contributed by atoms with Gasteiger partial charge in [-0.25, -0.2) is 9.37 Å². The molecule has 0 spiro atoms. The molecule has 1 aliphatic heterocycles. The molecule has 33 heavy (non-hydrogen) atoms. The van der Waals surface area contributed by atoms with Crippen LogP contribution in [-0.4, -0.2) is 44.2 Å². The Labute approximate surface area is 190 Å². The SMILES string of the molecule is Cc1noc(C)c1CC(=O)N1CCC(c2ccc3c(NCc4ccc(F)cc4)n[nH]c3n2)C1. The van der Waals surface area contributed by atoms with Crippen molar-refractivity contribution in [2.75, 3.05) is 18.4 Å². The molecular weight excluding hydrogens is 423 g/mol. The van der Waals surface area contributed by atoms with Gasteiger partial charge in [0.25, 0.3) is 0 Å². The maximum atomic E-state index is 13.1. The quantitative estimate of drug-likeness (QED) is 0.465. The van der Waals surface area contributed by atoms with Crippen LogP contribution in [0.25, 0.3) is 11.0 Å². The maximum absolute atomic E-state index is 13.1. The van der Waals surface area contributed by atoms with Crippen LogP contribution in [0, 0.1) is 19.7 Å². The number of aromatic nitrogens is 4. The van der Waals surface area contributed by atoms with Crippen LogP contribution in [0.2, 0.25) is 0 Å². The Balaban J connectivity index is 1.24. The molecule has 0 bridgehead atoms. The summed E-state index contributed by atoms with van der Waals surface area (Å²) in [6.07, 6.45) is 1.18. The number of benzene rings is 1. The molecule has 0 aliphatic carbocycles. The van der Waals surface area contributed by atoms with Crippen molar-refractivity contribution in [3.63, 3.8) is 0 Å². The number of hydrogen-bond acceptors (Lipinski definition) is 6. The summed E-state index contributed by atoms with van der Waals surface area (Å²) in [5.74, 6) is 1.42. The Kier molecular flexibility index (Phi) is 5.53. The zero-order valence-electron chi connectivity index (χ0n) is 18.6. The zero-order chi connectivity index (χ0) is 22.9. The summed E-state index contributed by atoms with van der Waals surface area (Å²) in [6.45, 7) is 5.58. The summed E-state index contributed by atoms with van der Waals surface area (Å²) < 4.78 is 18.3. The highest BCUT2D eigenvalue weighted by atomic mass is 19.1. The number of nitrogens with zero attached hydrogens (tertiary/aromatic N) is 4. The van der Waals surface area contributed by atoms with Crippen LogP contribution in [0.3, 0.4) is 0 Å². The van der Waals surface area contributed by atoms with Gasteiger partial charge in [0.15, 0.2) is 11.5 Å². The monoisotopic (exact) mass is 448 g/mol. The smallest absolute Gasteiger partial charge is 0.227 e. The Morgan fingerprint density at radius 2 is 2.06 bits per heavy atom. The lowest BCUT2D eigenvalue weighted by atomic mass is 10.0. The number of fused-ring (bicyclic) bond motifs is 1. The number of anilines is 1. The molecule has 4 aromatic rings. The van der Waals surface area contributed by atoms with Gasteiger partial charge in [-0.05, 0) is 50.1 Å². The van der Waals surface area contributed by atoms with Crippen molar-refractivity contribution < 1.29 is 13.7 Å². The van der Waals surface area contributed by atoms with Gasteiger partial charge in [-0.2, -0.15) is 5.10 Å². The third-order valence-electron chi connectivity index (χ3n) is 6.29. The van der Waals surface area contributed by atoms with E-state index in [-0.39, 0.29) is 17.6 Å². The summed E-state index contributed by atoms with van der Waals surface area (Å²) in [7, 11) is 0. The minimum Gasteiger partial charge on any atom is -0.364 e. The van der Waals surface area contributed by atoms with Gasteiger partial charge in [0, 0.05) is 36.8 Å². The second-order valence-corrected chi connectivity index (χ2v) is 8.49. The van der Waals surface area contributed by atoms with E-state index in [9.17, 15) is 9.18 Å². The number of H-pyrrole nitrogens is 1. The second kappa shape index (κ2) is 8.65. The lowest BCUT2D eigenvalue weighted by Crippen LogP contribution is -2.30. The summed E-state index contributed by atoms with van der Waals surface area (Å²) in [5.41, 5.74) is 4.26. The van der Waals surface area contributed by atoms with Gasteiger partial charge < -0.3 is 14.7 Å². The van der Waals surface area contributed by atoms with Gasteiger partial charge in [-0.3, -0.25) is 9.89 Å². The van der Waals surface area contributed by atoms with E-state index in [1.807, 2.05) is 30.9 Å². The van der Waals surface area contributed by atoms with Crippen LogP contribution in [0.5, 0.6) is 0 Å². The molecule has 2 N–H and O–H groups in total. The van der Waals surface area contributed by atoms with Crippen molar-refractivity contribution in [1.82, 2.24) is 25.2 Å². The number of pyridine rings is 1. The van der Waals surface area contributed by atoms with Crippen LogP contribution in [-0.2, 0) is 17.8 Å². The number of nitrogens with one attached hydrogen (secondary N) is 2. The predicted octanol–water partition coefficient (Wildman–Crippen LogP) is 3.87. The molecule has 170 valence electrons. The van der Waals surface area contributed by atoms with Crippen LogP contribution in [0.15, 0.2) is 40.9 Å². The molecule has 8 nitrogen and oxygen atoms in total. The van der Waals surface area contributed by atoms with Gasteiger partial charge in [0.2, 0.25) is 5.91 Å². The van der Waals surface area contributed by atoms with Gasteiger partial charge in [-0.15, -0.1) is 0 Å². The molecule has 9 heteroatoms. The number of aryl methyl sites for hydroxylation is 2. The molecule has 1 saturated heterocycles. The van der Waals surface area contributed by atoms with Gasteiger partial charge in [0.1, 0.15) is 11.6 Å². The number of hydrogen-bond donors (Lipinski definition) is 2. The zero-order valence-corrected chi connectivity index (χ0v) is 18.6. The second-order valence-electron chi connectivity index (χ2n) is 8.49. The molecular formula is C24H25FN6O2. The number of rotatable bonds is 6. The maximum Gasteiger partial charge on any atom is 0.227 e. The summed E-state index contributed by atoms with van der Waals surface area (Å²) in [4.78, 5) is 19.5. The Morgan fingerprint density at radius 3 is 2.82 bits per heavy atom. The molecule has 4 heterocycles. The van der Waals surface area contributed by atoms with Crippen molar-refractivity contribution in [2.45, 2.75) is 39.2 Å². The van der Waals surface area contributed by atoms with E-state index in [0.717, 1.165) is 34.3 Å². The van der Waals surface area contributed by atoms with Gasteiger partial charge in [-0.1, -0.05) is 17.3 Å². The number of carbonyl (C=O) groups excluding carboxylic acids is 1. The molecule has 0 saturated carbocycles. The minimum absolute atomic E-state index is 0.0850. The number of carbonyl (C=O) groups is 1. The highest BCUT2D eigenvalue weighted by molar-refractivity contribution is 5.87. The standard InChI is InChI=1S/C24H25FN6O2/c1-14-20(15(2)33-30-14)11-22(32)31-10-9-17(13-31)21-8-7-19-23(28-29-24(19)27-21)26-12-16-3-5-18(25)6-4-16/h3-8,17H,9-13H2,1-2H3,(H2,26,27,28,29). The highest BCUT2D eigenvalue weighted by Gasteiger charge is 2.29. The van der Waals surface area contributed by atoms with Crippen molar-refractivity contribution in [1.29, 1.82) is 0 Å². The average molecular weight is 449 g/mol. The molecule has 1 atom stereocenters. The molecule has 1 amide bonds. The summed E-state index contributed by atoms with van der Waals surface area (Å²) in [5, 5.41) is 15.4. The fraction of sp³-hybridized carbons (Fsp3) is 0.333. The lowest BCUT2D eigenvalue weighted by molar-refractivity contribution is -0.129. The van der Waals surface area contributed by atoms with E-state index in [1.165, 1.54) is 12.1 Å². The molecule has 1 aliphatic rings. The van der Waals surface area contributed by atoms with E-state index in [2.05, 4.69) is 20.7 Å². The predicted molar refractivity (Wildman–Crippen MR) is 121 cm³/mol. The van der Waals surface area contributed by atoms with Crippen molar-refractivity contribution in [3.05, 3.63) is 70.5 Å². The third-order valence-corrected chi connectivity index (χ3v) is 6.29. The van der Waals surface area contributed by atoms with Crippen LogP contribution >= 0.6 is 0 Å². The third kappa shape index (κ3) is 4.30. The van der Waals surface area contributed by atoms with Crippen molar-refractivity contribution in [3.8, 4) is 0 Å². The van der Waals surface area contributed by atoms with Crippen LogP contribution in [0.1, 0.15) is 40.6 Å². The minimum atomic E-state index is -0.253. The fourth-order valence-electron chi connectivity index (χ4n) is 4.32. The first-order valence-corrected chi connectivity index (χ1v) is 11.0. The number of likely N-dealkylation sites (tertiary alicyclic amines) is 1. The topological polar surface area (TPSA) is 99.9 Å². The molecule has 5 rings (SSSR count). The largest absolute Gasteiger partial charge is 0.364 e. The van der Waals surface area contributed by atoms with Gasteiger partial charge in [0.05, 0.1) is 17.5 Å². The van der Waals surface area contributed by atoms with E-state index in [0.29, 0.717) is 43.3 Å². The van der Waals surface area contributed by atoms with Crippen molar-refractivity contribution in [2.24, 2.45) is 0 Å². The first kappa shape index (κ1) is 21.1. The summed E-state index contributed by atoms with van der Waals surface area (Å²) in [6, 6.07) is 10.4. The Morgan fingerprint density at radius 1 is 1.24 bits per heavy atom. The van der Waals surface area contributed by atoms with E-state index >= 15 is 0 Å². The summed E-state index contributed by atoms with van der Waals surface area (Å²) >= 11 is 0. The normalized spacial score (nSPS) is 16.0. The molecule has 1 unspecified atom stereocenters. The first-order chi connectivity index (χ1) is 16.0. The van der Waals surface area contributed by atoms with E-state index in [4.69, 9.17) is 9.51 Å². The first-order valence-electron chi connectivity index (χ1n) is 11.0. The Hall–Kier alpha value is -3.75. The molecule has 3 aromatic heterocycles. The fourth-order valence-corrected chi connectivity index (χ4v) is 4.32. The number of halogens is 1. The average Bonchev–Trinajstić information content (AvgIpc) is 3.54. The molecule has 1 aromatic carbocycles. The Bertz CT molecular complexity index is 1280. The van der Waals surface area contributed by atoms with Crippen LogP contribution in [0.4, 0.5) is 10.2 Å². The highest BCUT2D eigenvalue weighted by Crippen LogP contribution is 2.29. The van der Waals surface area contributed by atoms with Gasteiger partial charge >= 0.3 is 0 Å².